The molecule has 1 aromatic heterocycles. The number of nitrogens with zero attached hydrogens (tertiary/aromatic N) is 2. The summed E-state index contributed by atoms with van der Waals surface area (Å²) < 4.78 is 5.54. The van der Waals surface area contributed by atoms with Gasteiger partial charge in [-0.15, -0.1) is 11.3 Å². The van der Waals surface area contributed by atoms with Crippen LogP contribution in [0.3, 0.4) is 0 Å². The molecule has 16 heavy (non-hydrogen) atoms. The topological polar surface area (TPSA) is 51.4 Å². The second-order valence-electron chi connectivity index (χ2n) is 4.05. The van der Waals surface area contributed by atoms with Crippen LogP contribution in [0.15, 0.2) is 5.38 Å². The molecule has 1 atom stereocenters. The molecule has 0 radical (unpaired) electrons. The number of ether oxygens (including phenoxy) is 1. The van der Waals surface area contributed by atoms with Gasteiger partial charge in [0.2, 0.25) is 0 Å². The van der Waals surface area contributed by atoms with Gasteiger partial charge in [0.05, 0.1) is 23.4 Å². The van der Waals surface area contributed by atoms with Crippen LogP contribution in [0.4, 0.5) is 0 Å². The molecule has 0 aromatic carbocycles. The molecular weight excluding hydrogens is 222 g/mol. The second-order valence-corrected chi connectivity index (χ2v) is 4.99. The van der Waals surface area contributed by atoms with Gasteiger partial charge in [0.1, 0.15) is 0 Å². The van der Waals surface area contributed by atoms with Crippen LogP contribution in [-0.2, 0) is 17.7 Å². The van der Waals surface area contributed by atoms with Crippen molar-refractivity contribution in [2.24, 2.45) is 5.73 Å². The highest BCUT2D eigenvalue weighted by atomic mass is 32.1. The highest BCUT2D eigenvalue weighted by Gasteiger charge is 2.19. The molecule has 1 aliphatic heterocycles. The van der Waals surface area contributed by atoms with Crippen molar-refractivity contribution in [3.63, 3.8) is 0 Å². The fraction of sp³-hybridized carbons (Fsp3) is 0.727. The Balaban J connectivity index is 1.88. The summed E-state index contributed by atoms with van der Waals surface area (Å²) in [5, 5.41) is 3.38. The number of rotatable bonds is 4. The molecule has 1 aliphatic rings. The maximum Gasteiger partial charge on any atom is 0.0926 e. The monoisotopic (exact) mass is 241 g/mol. The third kappa shape index (κ3) is 3.01. The van der Waals surface area contributed by atoms with Gasteiger partial charge in [-0.2, -0.15) is 0 Å². The van der Waals surface area contributed by atoms with Crippen LogP contribution in [0, 0.1) is 0 Å². The van der Waals surface area contributed by atoms with E-state index < -0.39 is 0 Å². The summed E-state index contributed by atoms with van der Waals surface area (Å²) in [5.41, 5.74) is 6.80. The standard InChI is InChI=1S/C11H19N3OS/c1-2-11-13-9(8-16-11)6-14-3-4-15-10(5-12)7-14/h8,10H,2-7,12H2,1H3. The SMILES string of the molecule is CCc1nc(CN2CCOC(CN)C2)cs1. The summed E-state index contributed by atoms with van der Waals surface area (Å²) in [6, 6.07) is 0. The third-order valence-electron chi connectivity index (χ3n) is 2.77. The Bertz CT molecular complexity index is 329. The van der Waals surface area contributed by atoms with E-state index in [1.165, 1.54) is 10.7 Å². The van der Waals surface area contributed by atoms with E-state index in [0.717, 1.165) is 32.7 Å². The Labute approximate surface area is 100 Å². The van der Waals surface area contributed by atoms with Crippen molar-refractivity contribution in [2.45, 2.75) is 26.0 Å². The molecule has 1 saturated heterocycles. The second kappa shape index (κ2) is 5.72. The highest BCUT2D eigenvalue weighted by molar-refractivity contribution is 7.09. The quantitative estimate of drug-likeness (QED) is 0.849. The zero-order valence-electron chi connectivity index (χ0n) is 9.69. The normalized spacial score (nSPS) is 22.5. The molecule has 1 fully saturated rings. The molecule has 1 unspecified atom stereocenters. The first-order valence-electron chi connectivity index (χ1n) is 5.79. The Kier molecular flexibility index (Phi) is 4.29. The Morgan fingerprint density at radius 2 is 2.56 bits per heavy atom. The number of thiazole rings is 1. The maximum absolute atomic E-state index is 5.62. The van der Waals surface area contributed by atoms with Gasteiger partial charge in [0, 0.05) is 31.6 Å². The van der Waals surface area contributed by atoms with Crippen LogP contribution in [0.1, 0.15) is 17.6 Å². The predicted molar refractivity (Wildman–Crippen MR) is 65.6 cm³/mol. The van der Waals surface area contributed by atoms with E-state index in [-0.39, 0.29) is 6.10 Å². The Morgan fingerprint density at radius 1 is 1.69 bits per heavy atom. The average molecular weight is 241 g/mol. The van der Waals surface area contributed by atoms with Crippen molar-refractivity contribution in [1.82, 2.24) is 9.88 Å². The van der Waals surface area contributed by atoms with Crippen LogP contribution < -0.4 is 5.73 Å². The summed E-state index contributed by atoms with van der Waals surface area (Å²) in [7, 11) is 0. The van der Waals surface area contributed by atoms with E-state index >= 15 is 0 Å². The van der Waals surface area contributed by atoms with Crippen molar-refractivity contribution in [3.05, 3.63) is 16.1 Å². The van der Waals surface area contributed by atoms with Gasteiger partial charge in [0.25, 0.3) is 0 Å². The number of hydrogen-bond acceptors (Lipinski definition) is 5. The highest BCUT2D eigenvalue weighted by Crippen LogP contribution is 2.14. The van der Waals surface area contributed by atoms with E-state index in [2.05, 4.69) is 22.2 Å². The van der Waals surface area contributed by atoms with Crippen LogP contribution >= 0.6 is 11.3 Å². The molecule has 2 rings (SSSR count). The van der Waals surface area contributed by atoms with Gasteiger partial charge in [-0.1, -0.05) is 6.92 Å². The maximum atomic E-state index is 5.62. The van der Waals surface area contributed by atoms with Gasteiger partial charge in [0.15, 0.2) is 0 Å². The minimum atomic E-state index is 0.193. The number of aromatic nitrogens is 1. The summed E-state index contributed by atoms with van der Waals surface area (Å²) in [6.07, 6.45) is 1.22. The number of morpholine rings is 1. The molecule has 0 spiro atoms. The average Bonchev–Trinajstić information content (AvgIpc) is 2.77. The molecule has 1 aromatic rings. The number of nitrogens with two attached hydrogens (primary N) is 1. The van der Waals surface area contributed by atoms with Crippen molar-refractivity contribution in [1.29, 1.82) is 0 Å². The van der Waals surface area contributed by atoms with Gasteiger partial charge in [-0.25, -0.2) is 4.98 Å². The number of aryl methyl sites for hydroxylation is 1. The van der Waals surface area contributed by atoms with Crippen molar-refractivity contribution < 1.29 is 4.74 Å². The molecule has 0 bridgehead atoms. The molecule has 2 N–H and O–H groups in total. The summed E-state index contributed by atoms with van der Waals surface area (Å²) >= 11 is 1.75. The summed E-state index contributed by atoms with van der Waals surface area (Å²) in [6.45, 7) is 6.36. The van der Waals surface area contributed by atoms with Gasteiger partial charge >= 0.3 is 0 Å². The van der Waals surface area contributed by atoms with E-state index in [1.54, 1.807) is 11.3 Å². The molecule has 0 amide bonds. The first-order chi connectivity index (χ1) is 7.81. The van der Waals surface area contributed by atoms with Gasteiger partial charge in [-0.3, -0.25) is 4.90 Å². The van der Waals surface area contributed by atoms with Crippen molar-refractivity contribution in [3.8, 4) is 0 Å². The van der Waals surface area contributed by atoms with Gasteiger partial charge in [-0.05, 0) is 6.42 Å². The predicted octanol–water partition coefficient (Wildman–Crippen LogP) is 0.865. The fourth-order valence-electron chi connectivity index (χ4n) is 1.88. The molecule has 5 heteroatoms. The first-order valence-corrected chi connectivity index (χ1v) is 6.67. The Hall–Kier alpha value is -0.490. The molecule has 0 aliphatic carbocycles. The molecule has 4 nitrogen and oxygen atoms in total. The number of hydrogen-bond donors (Lipinski definition) is 1. The molecule has 2 heterocycles. The van der Waals surface area contributed by atoms with Crippen molar-refractivity contribution in [2.75, 3.05) is 26.2 Å². The van der Waals surface area contributed by atoms with Crippen LogP contribution in [-0.4, -0.2) is 42.2 Å². The van der Waals surface area contributed by atoms with E-state index in [4.69, 9.17) is 10.5 Å². The molecular formula is C11H19N3OS. The minimum absolute atomic E-state index is 0.193. The Morgan fingerprint density at radius 3 is 3.25 bits per heavy atom. The van der Waals surface area contributed by atoms with E-state index in [9.17, 15) is 0 Å². The lowest BCUT2D eigenvalue weighted by Gasteiger charge is -2.31. The zero-order chi connectivity index (χ0) is 11.4. The summed E-state index contributed by atoms with van der Waals surface area (Å²) in [4.78, 5) is 6.95. The molecule has 90 valence electrons. The third-order valence-corrected chi connectivity index (χ3v) is 3.82. The van der Waals surface area contributed by atoms with E-state index in [1.807, 2.05) is 0 Å². The zero-order valence-corrected chi connectivity index (χ0v) is 10.5. The molecule has 0 saturated carbocycles. The van der Waals surface area contributed by atoms with Crippen LogP contribution in [0.5, 0.6) is 0 Å². The largest absolute Gasteiger partial charge is 0.374 e. The lowest BCUT2D eigenvalue weighted by atomic mass is 10.2. The summed E-state index contributed by atoms with van der Waals surface area (Å²) in [5.74, 6) is 0. The fourth-order valence-corrected chi connectivity index (χ4v) is 2.62. The lowest BCUT2D eigenvalue weighted by Crippen LogP contribution is -2.45. The van der Waals surface area contributed by atoms with Crippen LogP contribution in [0.2, 0.25) is 0 Å². The smallest absolute Gasteiger partial charge is 0.0926 e. The minimum Gasteiger partial charge on any atom is -0.374 e. The van der Waals surface area contributed by atoms with Crippen LogP contribution in [0.25, 0.3) is 0 Å². The van der Waals surface area contributed by atoms with E-state index in [0.29, 0.717) is 6.54 Å². The van der Waals surface area contributed by atoms with Gasteiger partial charge < -0.3 is 10.5 Å². The lowest BCUT2D eigenvalue weighted by molar-refractivity contribution is -0.0263. The first kappa shape index (κ1) is 12.0. The van der Waals surface area contributed by atoms with Crippen molar-refractivity contribution >= 4 is 11.3 Å².